The molecule has 21 heavy (non-hydrogen) atoms. The van der Waals surface area contributed by atoms with Gasteiger partial charge in [0.05, 0.1) is 5.52 Å². The Labute approximate surface area is 130 Å². The first-order valence-corrected chi connectivity index (χ1v) is 8.41. The SMILES string of the molecule is CC1(C)CCSC(=NCCc2cccc3cccnc23)N1. The molecule has 0 spiro atoms. The zero-order valence-electron chi connectivity index (χ0n) is 12.6. The molecule has 3 rings (SSSR count). The summed E-state index contributed by atoms with van der Waals surface area (Å²) in [5, 5.41) is 5.80. The second-order valence-corrected chi connectivity index (χ2v) is 7.12. The number of pyridine rings is 1. The Morgan fingerprint density at radius 3 is 3.00 bits per heavy atom. The molecule has 1 aromatic heterocycles. The van der Waals surface area contributed by atoms with Crippen LogP contribution >= 0.6 is 11.8 Å². The summed E-state index contributed by atoms with van der Waals surface area (Å²) in [5.74, 6) is 1.15. The van der Waals surface area contributed by atoms with Crippen LogP contribution < -0.4 is 5.32 Å². The van der Waals surface area contributed by atoms with E-state index in [1.165, 1.54) is 17.4 Å². The first-order valence-electron chi connectivity index (χ1n) is 7.42. The Bertz CT molecular complexity index is 659. The smallest absolute Gasteiger partial charge is 0.156 e. The Balaban J connectivity index is 1.70. The van der Waals surface area contributed by atoms with Crippen molar-refractivity contribution in [3.63, 3.8) is 0 Å². The molecule has 1 aliphatic heterocycles. The maximum atomic E-state index is 4.72. The predicted molar refractivity (Wildman–Crippen MR) is 92.0 cm³/mol. The van der Waals surface area contributed by atoms with Crippen molar-refractivity contribution in [1.82, 2.24) is 10.3 Å². The zero-order valence-corrected chi connectivity index (χ0v) is 13.4. The van der Waals surface area contributed by atoms with Gasteiger partial charge in [-0.3, -0.25) is 9.98 Å². The molecule has 2 aromatic rings. The summed E-state index contributed by atoms with van der Waals surface area (Å²) >= 11 is 1.83. The topological polar surface area (TPSA) is 37.3 Å². The fourth-order valence-electron chi connectivity index (χ4n) is 2.52. The van der Waals surface area contributed by atoms with Crippen LogP contribution in [0.2, 0.25) is 0 Å². The van der Waals surface area contributed by atoms with Gasteiger partial charge in [0.15, 0.2) is 5.17 Å². The Hall–Kier alpha value is -1.55. The van der Waals surface area contributed by atoms with E-state index in [1.807, 2.05) is 24.0 Å². The van der Waals surface area contributed by atoms with E-state index >= 15 is 0 Å². The van der Waals surface area contributed by atoms with Gasteiger partial charge in [-0.15, -0.1) is 0 Å². The largest absolute Gasteiger partial charge is 0.360 e. The minimum atomic E-state index is 0.172. The van der Waals surface area contributed by atoms with Crippen LogP contribution in [0, 0.1) is 0 Å². The van der Waals surface area contributed by atoms with Crippen molar-refractivity contribution in [1.29, 1.82) is 0 Å². The lowest BCUT2D eigenvalue weighted by molar-refractivity contribution is 0.446. The third-order valence-corrected chi connectivity index (χ3v) is 4.68. The molecule has 110 valence electrons. The van der Waals surface area contributed by atoms with Gasteiger partial charge in [-0.2, -0.15) is 0 Å². The Morgan fingerprint density at radius 1 is 1.29 bits per heavy atom. The third kappa shape index (κ3) is 3.56. The number of benzene rings is 1. The van der Waals surface area contributed by atoms with Gasteiger partial charge < -0.3 is 5.32 Å². The van der Waals surface area contributed by atoms with Gasteiger partial charge in [-0.25, -0.2) is 0 Å². The quantitative estimate of drug-likeness (QED) is 0.940. The molecular formula is C17H21N3S. The molecule has 0 bridgehead atoms. The third-order valence-electron chi connectivity index (χ3n) is 3.76. The number of hydrogen-bond donors (Lipinski definition) is 1. The maximum Gasteiger partial charge on any atom is 0.156 e. The second-order valence-electron chi connectivity index (χ2n) is 6.04. The van der Waals surface area contributed by atoms with Crippen molar-refractivity contribution in [2.24, 2.45) is 4.99 Å². The van der Waals surface area contributed by atoms with Crippen LogP contribution in [0.15, 0.2) is 41.5 Å². The van der Waals surface area contributed by atoms with E-state index < -0.39 is 0 Å². The minimum Gasteiger partial charge on any atom is -0.360 e. The zero-order chi connectivity index (χ0) is 14.7. The van der Waals surface area contributed by atoms with E-state index in [0.717, 1.165) is 29.4 Å². The molecule has 1 N–H and O–H groups in total. The van der Waals surface area contributed by atoms with Gasteiger partial charge in [0.1, 0.15) is 0 Å². The van der Waals surface area contributed by atoms with E-state index in [0.29, 0.717) is 0 Å². The van der Waals surface area contributed by atoms with Gasteiger partial charge in [-0.05, 0) is 38.3 Å². The van der Waals surface area contributed by atoms with Crippen molar-refractivity contribution >= 4 is 27.8 Å². The van der Waals surface area contributed by atoms with Crippen molar-refractivity contribution in [2.75, 3.05) is 12.3 Å². The molecule has 1 aliphatic rings. The van der Waals surface area contributed by atoms with Crippen molar-refractivity contribution in [2.45, 2.75) is 32.2 Å². The number of rotatable bonds is 3. The average molecular weight is 299 g/mol. The molecule has 0 radical (unpaired) electrons. The first-order chi connectivity index (χ1) is 10.1. The molecule has 3 nitrogen and oxygen atoms in total. The number of nitrogens with zero attached hydrogens (tertiary/aromatic N) is 2. The lowest BCUT2D eigenvalue weighted by atomic mass is 10.0. The maximum absolute atomic E-state index is 4.72. The van der Waals surface area contributed by atoms with E-state index in [4.69, 9.17) is 4.99 Å². The molecule has 0 atom stereocenters. The van der Waals surface area contributed by atoms with Crippen LogP contribution in [-0.4, -0.2) is 28.0 Å². The summed E-state index contributed by atoms with van der Waals surface area (Å²) in [6.45, 7) is 5.27. The number of amidine groups is 1. The number of fused-ring (bicyclic) bond motifs is 1. The lowest BCUT2D eigenvalue weighted by Crippen LogP contribution is -2.46. The van der Waals surface area contributed by atoms with Gasteiger partial charge in [0.25, 0.3) is 0 Å². The molecule has 4 heteroatoms. The molecule has 0 aliphatic carbocycles. The summed E-state index contributed by atoms with van der Waals surface area (Å²) in [5.41, 5.74) is 2.55. The molecule has 2 heterocycles. The second kappa shape index (κ2) is 6.06. The highest BCUT2D eigenvalue weighted by Crippen LogP contribution is 2.22. The summed E-state index contributed by atoms with van der Waals surface area (Å²) in [4.78, 5) is 9.22. The van der Waals surface area contributed by atoms with E-state index in [-0.39, 0.29) is 5.54 Å². The number of aliphatic imine (C=N–C) groups is 1. The molecule has 1 aromatic carbocycles. The number of aromatic nitrogens is 1. The summed E-state index contributed by atoms with van der Waals surface area (Å²) in [6, 6.07) is 10.5. The van der Waals surface area contributed by atoms with Crippen LogP contribution in [0.1, 0.15) is 25.8 Å². The van der Waals surface area contributed by atoms with E-state index in [1.54, 1.807) is 0 Å². The number of para-hydroxylation sites is 1. The highest BCUT2D eigenvalue weighted by molar-refractivity contribution is 8.13. The van der Waals surface area contributed by atoms with Gasteiger partial charge in [0.2, 0.25) is 0 Å². The molecule has 0 unspecified atom stereocenters. The highest BCUT2D eigenvalue weighted by Gasteiger charge is 2.23. The fourth-order valence-corrected chi connectivity index (χ4v) is 3.86. The average Bonchev–Trinajstić information content (AvgIpc) is 2.46. The molecule has 0 amide bonds. The van der Waals surface area contributed by atoms with Crippen molar-refractivity contribution in [3.05, 3.63) is 42.1 Å². The Morgan fingerprint density at radius 2 is 2.14 bits per heavy atom. The van der Waals surface area contributed by atoms with E-state index in [9.17, 15) is 0 Å². The van der Waals surface area contributed by atoms with Gasteiger partial charge >= 0.3 is 0 Å². The lowest BCUT2D eigenvalue weighted by Gasteiger charge is -2.32. The number of hydrogen-bond acceptors (Lipinski definition) is 3. The standard InChI is InChI=1S/C17H21N3S/c1-17(2)9-12-21-16(20-17)19-11-8-14-6-3-5-13-7-4-10-18-15(13)14/h3-7,10H,8-9,11-12H2,1-2H3,(H,19,20). The molecule has 1 saturated heterocycles. The van der Waals surface area contributed by atoms with Crippen molar-refractivity contribution in [3.8, 4) is 0 Å². The van der Waals surface area contributed by atoms with Crippen LogP contribution in [0.25, 0.3) is 10.9 Å². The number of nitrogens with one attached hydrogen (secondary N) is 1. The first kappa shape index (κ1) is 14.4. The minimum absolute atomic E-state index is 0.172. The summed E-state index contributed by atoms with van der Waals surface area (Å²) in [6.07, 6.45) is 3.98. The highest BCUT2D eigenvalue weighted by atomic mass is 32.2. The molecular weight excluding hydrogens is 278 g/mol. The monoisotopic (exact) mass is 299 g/mol. The fraction of sp³-hybridized carbons (Fsp3) is 0.412. The summed E-state index contributed by atoms with van der Waals surface area (Å²) < 4.78 is 0. The van der Waals surface area contributed by atoms with Crippen LogP contribution in [0.5, 0.6) is 0 Å². The predicted octanol–water partition coefficient (Wildman–Crippen LogP) is 3.64. The number of thioether (sulfide) groups is 1. The van der Waals surface area contributed by atoms with Gasteiger partial charge in [0, 0.05) is 29.4 Å². The molecule has 1 fully saturated rings. The van der Waals surface area contributed by atoms with Crippen molar-refractivity contribution < 1.29 is 0 Å². The van der Waals surface area contributed by atoms with Gasteiger partial charge in [-0.1, -0.05) is 36.0 Å². The van der Waals surface area contributed by atoms with E-state index in [2.05, 4.69) is 48.4 Å². The Kier molecular flexibility index (Phi) is 4.15. The van der Waals surface area contributed by atoms with Crippen LogP contribution in [0.4, 0.5) is 0 Å². The molecule has 0 saturated carbocycles. The van der Waals surface area contributed by atoms with Crippen LogP contribution in [0.3, 0.4) is 0 Å². The summed E-state index contributed by atoms with van der Waals surface area (Å²) in [7, 11) is 0. The normalized spacial score (nSPS) is 19.6. The van der Waals surface area contributed by atoms with Crippen LogP contribution in [-0.2, 0) is 6.42 Å².